The van der Waals surface area contributed by atoms with Crippen LogP contribution in [0.25, 0.3) is 0 Å². The van der Waals surface area contributed by atoms with Gasteiger partial charge in [-0.25, -0.2) is 4.79 Å². The van der Waals surface area contributed by atoms with E-state index in [1.54, 1.807) is 0 Å². The average molecular weight is 155 g/mol. The van der Waals surface area contributed by atoms with Crippen LogP contribution in [0.15, 0.2) is 4.99 Å². The Bertz CT molecular complexity index is 196. The van der Waals surface area contributed by atoms with Crippen molar-refractivity contribution in [2.45, 2.75) is 26.3 Å². The first-order valence-corrected chi connectivity index (χ1v) is 3.67. The number of nitrogens with zero attached hydrogens (tertiary/aromatic N) is 1. The van der Waals surface area contributed by atoms with Crippen molar-refractivity contribution in [1.29, 1.82) is 0 Å². The molecule has 0 radical (unpaired) electrons. The van der Waals surface area contributed by atoms with Crippen LogP contribution < -0.4 is 0 Å². The maximum Gasteiger partial charge on any atom is 0.348 e. The summed E-state index contributed by atoms with van der Waals surface area (Å²) in [6.07, 6.45) is 2.33. The molecule has 3 heteroatoms. The zero-order valence-corrected chi connectivity index (χ0v) is 7.13. The van der Waals surface area contributed by atoms with Gasteiger partial charge in [0.25, 0.3) is 0 Å². The Morgan fingerprint density at radius 3 is 2.64 bits per heavy atom. The highest BCUT2D eigenvalue weighted by atomic mass is 16.5. The fourth-order valence-electron chi connectivity index (χ4n) is 0.897. The molecule has 1 fully saturated rings. The van der Waals surface area contributed by atoms with Crippen molar-refractivity contribution >= 4 is 12.2 Å². The van der Waals surface area contributed by atoms with E-state index in [9.17, 15) is 4.79 Å². The minimum atomic E-state index is -0.368. The van der Waals surface area contributed by atoms with E-state index in [0.29, 0.717) is 11.5 Å². The second kappa shape index (κ2) is 2.64. The van der Waals surface area contributed by atoms with Gasteiger partial charge in [0.15, 0.2) is 0 Å². The number of aliphatic imine (C=N–C) groups is 1. The zero-order chi connectivity index (χ0) is 8.48. The molecule has 1 atom stereocenters. The monoisotopic (exact) mass is 155 g/mol. The minimum absolute atomic E-state index is 0.296. The van der Waals surface area contributed by atoms with Gasteiger partial charge in [-0.3, -0.25) is 4.99 Å². The van der Waals surface area contributed by atoms with E-state index in [1.165, 1.54) is 13.3 Å². The molecule has 11 heavy (non-hydrogen) atoms. The quantitative estimate of drug-likeness (QED) is 0.441. The lowest BCUT2D eigenvalue weighted by atomic mass is 10.2. The molecule has 0 saturated heterocycles. The van der Waals surface area contributed by atoms with E-state index >= 15 is 0 Å². The fourth-order valence-corrected chi connectivity index (χ4v) is 0.897. The lowest BCUT2D eigenvalue weighted by Crippen LogP contribution is -2.02. The summed E-state index contributed by atoms with van der Waals surface area (Å²) in [5.41, 5.74) is 0.296. The van der Waals surface area contributed by atoms with E-state index in [-0.39, 0.29) is 5.97 Å². The number of methoxy groups -OCH3 is 1. The molecule has 1 rings (SSSR count). The van der Waals surface area contributed by atoms with Gasteiger partial charge in [0, 0.05) is 0 Å². The lowest BCUT2D eigenvalue weighted by Gasteiger charge is -1.95. The number of ether oxygens (including phenoxy) is 1. The van der Waals surface area contributed by atoms with E-state index in [0.717, 1.165) is 6.42 Å². The molecule has 0 aromatic heterocycles. The van der Waals surface area contributed by atoms with Gasteiger partial charge in [-0.05, 0) is 11.8 Å². The Kier molecular flexibility index (Phi) is 1.98. The van der Waals surface area contributed by atoms with Crippen molar-refractivity contribution in [2.24, 2.45) is 10.4 Å². The first-order chi connectivity index (χ1) is 5.06. The van der Waals surface area contributed by atoms with Crippen LogP contribution in [0.1, 0.15) is 20.3 Å². The van der Waals surface area contributed by atoms with Crippen molar-refractivity contribution in [3.05, 3.63) is 0 Å². The molecule has 1 saturated carbocycles. The summed E-state index contributed by atoms with van der Waals surface area (Å²) in [5.74, 6) is -0.368. The molecule has 0 spiro atoms. The lowest BCUT2D eigenvalue weighted by molar-refractivity contribution is -0.132. The van der Waals surface area contributed by atoms with Gasteiger partial charge >= 0.3 is 5.97 Å². The topological polar surface area (TPSA) is 38.7 Å². The summed E-state index contributed by atoms with van der Waals surface area (Å²) in [5, 5.41) is 0. The van der Waals surface area contributed by atoms with E-state index < -0.39 is 0 Å². The van der Waals surface area contributed by atoms with Gasteiger partial charge in [-0.1, -0.05) is 13.8 Å². The summed E-state index contributed by atoms with van der Waals surface area (Å²) >= 11 is 0. The van der Waals surface area contributed by atoms with Gasteiger partial charge in [0.1, 0.15) is 6.21 Å². The third kappa shape index (κ3) is 2.03. The summed E-state index contributed by atoms with van der Waals surface area (Å²) in [4.78, 5) is 14.6. The van der Waals surface area contributed by atoms with Gasteiger partial charge in [-0.15, -0.1) is 0 Å². The number of esters is 1. The molecular formula is C8H13NO2. The summed E-state index contributed by atoms with van der Waals surface area (Å²) in [6.45, 7) is 4.26. The van der Waals surface area contributed by atoms with Gasteiger partial charge in [0.05, 0.1) is 13.2 Å². The van der Waals surface area contributed by atoms with Crippen LogP contribution in [0.5, 0.6) is 0 Å². The predicted molar refractivity (Wildman–Crippen MR) is 42.7 cm³/mol. The average Bonchev–Trinajstić information content (AvgIpc) is 2.54. The van der Waals surface area contributed by atoms with E-state index in [4.69, 9.17) is 0 Å². The standard InChI is InChI=1S/C8H13NO2/c1-8(2)4-6(8)9-5-7(10)11-3/h5-6H,4H2,1-3H3. The smallest absolute Gasteiger partial charge is 0.348 e. The second-order valence-electron chi connectivity index (χ2n) is 3.51. The van der Waals surface area contributed by atoms with Crippen LogP contribution in [0.3, 0.4) is 0 Å². The molecule has 1 aliphatic carbocycles. The van der Waals surface area contributed by atoms with Crippen LogP contribution in [-0.4, -0.2) is 25.3 Å². The number of carbonyl (C=O) groups is 1. The summed E-state index contributed by atoms with van der Waals surface area (Å²) in [6, 6.07) is 0.321. The molecule has 0 aromatic rings. The molecule has 0 amide bonds. The van der Waals surface area contributed by atoms with E-state index in [1.807, 2.05) is 0 Å². The van der Waals surface area contributed by atoms with Crippen molar-refractivity contribution in [1.82, 2.24) is 0 Å². The molecule has 1 unspecified atom stereocenters. The Morgan fingerprint density at radius 1 is 1.73 bits per heavy atom. The maximum absolute atomic E-state index is 10.6. The first-order valence-electron chi connectivity index (χ1n) is 3.67. The first kappa shape index (κ1) is 8.24. The van der Waals surface area contributed by atoms with Crippen molar-refractivity contribution in [2.75, 3.05) is 7.11 Å². The maximum atomic E-state index is 10.6. The molecule has 1 aliphatic rings. The number of carbonyl (C=O) groups excluding carboxylic acids is 1. The van der Waals surface area contributed by atoms with Gasteiger partial charge < -0.3 is 4.74 Å². The van der Waals surface area contributed by atoms with Crippen LogP contribution in [0.2, 0.25) is 0 Å². The van der Waals surface area contributed by atoms with E-state index in [2.05, 4.69) is 23.6 Å². The SMILES string of the molecule is COC(=O)C=NC1CC1(C)C. The van der Waals surface area contributed by atoms with Crippen molar-refractivity contribution < 1.29 is 9.53 Å². The number of hydrogen-bond acceptors (Lipinski definition) is 3. The van der Waals surface area contributed by atoms with Crippen LogP contribution in [0.4, 0.5) is 0 Å². The zero-order valence-electron chi connectivity index (χ0n) is 7.13. The molecule has 0 heterocycles. The fraction of sp³-hybridized carbons (Fsp3) is 0.750. The van der Waals surface area contributed by atoms with Crippen molar-refractivity contribution in [3.63, 3.8) is 0 Å². The molecular weight excluding hydrogens is 142 g/mol. The van der Waals surface area contributed by atoms with Gasteiger partial charge in [0.2, 0.25) is 0 Å². The Hall–Kier alpha value is -0.860. The van der Waals surface area contributed by atoms with Crippen LogP contribution in [0, 0.1) is 5.41 Å². The molecule has 0 N–H and O–H groups in total. The predicted octanol–water partition coefficient (Wildman–Crippen LogP) is 1.03. The Balaban J connectivity index is 2.33. The molecule has 3 nitrogen and oxygen atoms in total. The van der Waals surface area contributed by atoms with Crippen LogP contribution in [-0.2, 0) is 9.53 Å². The second-order valence-corrected chi connectivity index (χ2v) is 3.51. The molecule has 62 valence electrons. The highest BCUT2D eigenvalue weighted by molar-refractivity contribution is 6.23. The summed E-state index contributed by atoms with van der Waals surface area (Å²) < 4.78 is 4.41. The molecule has 0 aromatic carbocycles. The Labute approximate surface area is 66.5 Å². The largest absolute Gasteiger partial charge is 0.465 e. The highest BCUT2D eigenvalue weighted by Crippen LogP contribution is 2.47. The molecule has 0 bridgehead atoms. The third-order valence-electron chi connectivity index (χ3n) is 2.02. The highest BCUT2D eigenvalue weighted by Gasteiger charge is 2.45. The van der Waals surface area contributed by atoms with Crippen LogP contribution >= 0.6 is 0 Å². The molecule has 0 aliphatic heterocycles. The number of rotatable bonds is 2. The van der Waals surface area contributed by atoms with Gasteiger partial charge in [-0.2, -0.15) is 0 Å². The summed E-state index contributed by atoms with van der Waals surface area (Å²) in [7, 11) is 1.35. The Morgan fingerprint density at radius 2 is 2.27 bits per heavy atom. The third-order valence-corrected chi connectivity index (χ3v) is 2.02. The minimum Gasteiger partial charge on any atom is -0.465 e. The van der Waals surface area contributed by atoms with Crippen molar-refractivity contribution in [3.8, 4) is 0 Å². The number of hydrogen-bond donors (Lipinski definition) is 0. The normalized spacial score (nSPS) is 27.0.